The van der Waals surface area contributed by atoms with Gasteiger partial charge in [-0.25, -0.2) is 13.2 Å². The first-order valence-electron chi connectivity index (χ1n) is 12.1. The van der Waals surface area contributed by atoms with E-state index in [4.69, 9.17) is 16.3 Å². The van der Waals surface area contributed by atoms with Gasteiger partial charge in [0.15, 0.2) is 0 Å². The van der Waals surface area contributed by atoms with E-state index in [1.807, 2.05) is 39.0 Å². The molecular formula is C26H29ClN4O5S. The number of amides is 2. The molecular weight excluding hydrogens is 516 g/mol. The number of halogens is 1. The van der Waals surface area contributed by atoms with Crippen LogP contribution in [0.4, 0.5) is 10.5 Å². The number of carbonyl (C=O) groups is 2. The predicted molar refractivity (Wildman–Crippen MR) is 141 cm³/mol. The first-order valence-corrected chi connectivity index (χ1v) is 14.0. The molecule has 9 nitrogen and oxygen atoms in total. The number of aromatic nitrogens is 1. The number of ether oxygens (including phenoxy) is 1. The van der Waals surface area contributed by atoms with E-state index in [1.54, 1.807) is 22.1 Å². The number of fused-ring (bicyclic) bond motifs is 2. The summed E-state index contributed by atoms with van der Waals surface area (Å²) in [6.07, 6.45) is 2.26. The van der Waals surface area contributed by atoms with Crippen LogP contribution in [0.2, 0.25) is 5.02 Å². The molecule has 3 heterocycles. The van der Waals surface area contributed by atoms with Crippen LogP contribution in [0.1, 0.15) is 38.3 Å². The molecule has 11 heteroatoms. The number of rotatable bonds is 4. The number of aromatic amines is 1. The number of nitrogens with zero attached hydrogens (tertiary/aromatic N) is 2. The Labute approximate surface area is 220 Å². The maximum Gasteiger partial charge on any atom is 0.410 e. The first kappa shape index (κ1) is 25.6. The number of sulfonamides is 1. The SMILES string of the molecule is CC(C)(C)OC(=O)N1CCc2cc(N3CC[C@H](NS(=O)(=O)c4ccc5c(Cl)c[nH]c5c4)C3=O)ccc2C1. The Morgan fingerprint density at radius 3 is 2.68 bits per heavy atom. The van der Waals surface area contributed by atoms with Gasteiger partial charge in [0.25, 0.3) is 0 Å². The molecule has 37 heavy (non-hydrogen) atoms. The standard InChI is InChI=1S/C26H29ClN4O5S/c1-26(2,3)36-25(33)30-10-8-16-12-18(5-4-17(16)15-30)31-11-9-22(24(31)32)29-37(34,35)19-6-7-20-21(27)14-28-23(20)13-19/h4-7,12-14,22,28-29H,8-11,15H2,1-3H3/t22-/m0/s1. The molecule has 1 saturated heterocycles. The van der Waals surface area contributed by atoms with Gasteiger partial charge in [-0.05, 0) is 75.1 Å². The van der Waals surface area contributed by atoms with Crippen molar-refractivity contribution in [1.82, 2.24) is 14.6 Å². The second-order valence-electron chi connectivity index (χ2n) is 10.4. The Bertz CT molecular complexity index is 1490. The van der Waals surface area contributed by atoms with Crippen molar-refractivity contribution in [1.29, 1.82) is 0 Å². The molecule has 2 N–H and O–H groups in total. The maximum absolute atomic E-state index is 13.2. The molecule has 0 unspecified atom stereocenters. The van der Waals surface area contributed by atoms with Crippen molar-refractivity contribution in [3.05, 3.63) is 58.7 Å². The van der Waals surface area contributed by atoms with E-state index in [9.17, 15) is 18.0 Å². The van der Waals surface area contributed by atoms with E-state index in [0.717, 1.165) is 22.2 Å². The van der Waals surface area contributed by atoms with Crippen LogP contribution in [0.5, 0.6) is 0 Å². The summed E-state index contributed by atoms with van der Waals surface area (Å²) in [5, 5.41) is 1.24. The first-order chi connectivity index (χ1) is 17.4. The lowest BCUT2D eigenvalue weighted by atomic mass is 9.99. The molecule has 1 aromatic heterocycles. The highest BCUT2D eigenvalue weighted by Gasteiger charge is 2.36. The topological polar surface area (TPSA) is 112 Å². The molecule has 0 bridgehead atoms. The normalized spacial score (nSPS) is 18.4. The zero-order valence-corrected chi connectivity index (χ0v) is 22.4. The molecule has 1 fully saturated rings. The van der Waals surface area contributed by atoms with Crippen molar-refractivity contribution in [2.75, 3.05) is 18.0 Å². The molecule has 0 saturated carbocycles. The Morgan fingerprint density at radius 1 is 1.14 bits per heavy atom. The van der Waals surface area contributed by atoms with Gasteiger partial charge in [-0.2, -0.15) is 4.72 Å². The number of carbonyl (C=O) groups excluding carboxylic acids is 2. The van der Waals surface area contributed by atoms with Crippen LogP contribution >= 0.6 is 11.6 Å². The quantitative estimate of drug-likeness (QED) is 0.511. The number of benzene rings is 2. The summed E-state index contributed by atoms with van der Waals surface area (Å²) in [5.41, 5.74) is 2.83. The highest BCUT2D eigenvalue weighted by Crippen LogP contribution is 2.30. The smallest absolute Gasteiger partial charge is 0.410 e. The number of nitrogens with one attached hydrogen (secondary N) is 2. The Morgan fingerprint density at radius 2 is 1.92 bits per heavy atom. The van der Waals surface area contributed by atoms with Gasteiger partial charge >= 0.3 is 6.09 Å². The Hall–Kier alpha value is -3.08. The molecule has 2 amide bonds. The van der Waals surface area contributed by atoms with Crippen LogP contribution in [0.15, 0.2) is 47.5 Å². The maximum atomic E-state index is 13.2. The summed E-state index contributed by atoms with van der Waals surface area (Å²) in [6.45, 7) is 6.89. The van der Waals surface area contributed by atoms with Gasteiger partial charge in [0, 0.05) is 42.4 Å². The van der Waals surface area contributed by atoms with Crippen molar-refractivity contribution < 1.29 is 22.7 Å². The van der Waals surface area contributed by atoms with E-state index < -0.39 is 21.7 Å². The van der Waals surface area contributed by atoms with E-state index in [1.165, 1.54) is 12.1 Å². The summed E-state index contributed by atoms with van der Waals surface area (Å²) in [5.74, 6) is -0.293. The van der Waals surface area contributed by atoms with Gasteiger partial charge in [0.2, 0.25) is 15.9 Å². The summed E-state index contributed by atoms with van der Waals surface area (Å²) in [6, 6.07) is 9.49. The fourth-order valence-electron chi connectivity index (χ4n) is 4.73. The van der Waals surface area contributed by atoms with Gasteiger partial charge in [-0.1, -0.05) is 17.7 Å². The van der Waals surface area contributed by atoms with Crippen LogP contribution < -0.4 is 9.62 Å². The Balaban J connectivity index is 1.27. The molecule has 2 aliphatic heterocycles. The minimum Gasteiger partial charge on any atom is -0.444 e. The predicted octanol–water partition coefficient (Wildman–Crippen LogP) is 4.20. The third-order valence-corrected chi connectivity index (χ3v) is 8.36. The van der Waals surface area contributed by atoms with Gasteiger partial charge in [-0.15, -0.1) is 0 Å². The van der Waals surface area contributed by atoms with Crippen molar-refractivity contribution in [3.8, 4) is 0 Å². The number of hydrogen-bond acceptors (Lipinski definition) is 5. The summed E-state index contributed by atoms with van der Waals surface area (Å²) in [7, 11) is -3.92. The van der Waals surface area contributed by atoms with Crippen molar-refractivity contribution in [2.24, 2.45) is 0 Å². The highest BCUT2D eigenvalue weighted by atomic mass is 35.5. The fourth-order valence-corrected chi connectivity index (χ4v) is 6.20. The molecule has 0 aliphatic carbocycles. The highest BCUT2D eigenvalue weighted by molar-refractivity contribution is 7.89. The van der Waals surface area contributed by atoms with Crippen LogP contribution in [0.25, 0.3) is 10.9 Å². The molecule has 2 aliphatic rings. The monoisotopic (exact) mass is 544 g/mol. The zero-order valence-electron chi connectivity index (χ0n) is 20.9. The lowest BCUT2D eigenvalue weighted by molar-refractivity contribution is -0.118. The second kappa shape index (κ2) is 9.34. The molecule has 0 spiro atoms. The third kappa shape index (κ3) is 5.18. The Kier molecular flexibility index (Phi) is 6.45. The lowest BCUT2D eigenvalue weighted by Crippen LogP contribution is -2.41. The average molecular weight is 545 g/mol. The van der Waals surface area contributed by atoms with Crippen molar-refractivity contribution >= 4 is 50.2 Å². The number of H-pyrrole nitrogens is 1. The molecule has 3 aromatic rings. The van der Waals surface area contributed by atoms with Gasteiger partial charge in [0.1, 0.15) is 11.6 Å². The van der Waals surface area contributed by atoms with Crippen LogP contribution in [-0.4, -0.2) is 55.0 Å². The molecule has 0 radical (unpaired) electrons. The third-order valence-electron chi connectivity index (χ3n) is 6.58. The largest absolute Gasteiger partial charge is 0.444 e. The number of anilines is 1. The molecule has 2 aromatic carbocycles. The summed E-state index contributed by atoms with van der Waals surface area (Å²) < 4.78 is 34.1. The van der Waals surface area contributed by atoms with Crippen LogP contribution in [0.3, 0.4) is 0 Å². The summed E-state index contributed by atoms with van der Waals surface area (Å²) in [4.78, 5) is 31.9. The van der Waals surface area contributed by atoms with Crippen molar-refractivity contribution in [3.63, 3.8) is 0 Å². The van der Waals surface area contributed by atoms with Gasteiger partial charge in [-0.3, -0.25) is 4.79 Å². The van der Waals surface area contributed by atoms with Crippen LogP contribution in [0, 0.1) is 0 Å². The summed E-state index contributed by atoms with van der Waals surface area (Å²) >= 11 is 6.09. The lowest BCUT2D eigenvalue weighted by Gasteiger charge is -2.31. The van der Waals surface area contributed by atoms with E-state index in [2.05, 4.69) is 9.71 Å². The van der Waals surface area contributed by atoms with Gasteiger partial charge in [0.05, 0.1) is 9.92 Å². The average Bonchev–Trinajstić information content (AvgIpc) is 3.39. The second-order valence-corrected chi connectivity index (χ2v) is 12.5. The minimum atomic E-state index is -3.92. The van der Waals surface area contributed by atoms with E-state index >= 15 is 0 Å². The fraction of sp³-hybridized carbons (Fsp3) is 0.385. The minimum absolute atomic E-state index is 0.0630. The number of hydrogen-bond donors (Lipinski definition) is 2. The van der Waals surface area contributed by atoms with E-state index in [0.29, 0.717) is 43.0 Å². The van der Waals surface area contributed by atoms with Gasteiger partial charge < -0.3 is 19.5 Å². The molecule has 196 valence electrons. The van der Waals surface area contributed by atoms with Crippen LogP contribution in [-0.2, 0) is 32.5 Å². The van der Waals surface area contributed by atoms with E-state index in [-0.39, 0.29) is 16.9 Å². The molecule has 1 atom stereocenters. The zero-order chi connectivity index (χ0) is 26.5. The van der Waals surface area contributed by atoms with Crippen molar-refractivity contribution in [2.45, 2.75) is 56.7 Å². The molecule has 5 rings (SSSR count).